The van der Waals surface area contributed by atoms with Crippen LogP contribution in [0.3, 0.4) is 0 Å². The van der Waals surface area contributed by atoms with Crippen LogP contribution in [0, 0.1) is 20.8 Å². The summed E-state index contributed by atoms with van der Waals surface area (Å²) in [5.74, 6) is 0. The molecule has 0 unspecified atom stereocenters. The molecule has 0 bridgehead atoms. The lowest BCUT2D eigenvalue weighted by Gasteiger charge is -2.11. The third kappa shape index (κ3) is 2.10. The zero-order chi connectivity index (χ0) is 13.4. The van der Waals surface area contributed by atoms with E-state index in [1.165, 1.54) is 22.3 Å². The smallest absolute Gasteiger partial charge is 0.0898 e. The molecule has 2 heteroatoms. The quantitative estimate of drug-likeness (QED) is 0.644. The van der Waals surface area contributed by atoms with Crippen molar-refractivity contribution < 1.29 is 0 Å². The van der Waals surface area contributed by atoms with Gasteiger partial charge in [-0.25, -0.2) is 4.98 Å². The third-order valence-corrected chi connectivity index (χ3v) is 3.38. The van der Waals surface area contributed by atoms with Gasteiger partial charge in [0.15, 0.2) is 0 Å². The molecule has 2 nitrogen and oxygen atoms in total. The molecular weight excluding hydrogens is 232 g/mol. The fourth-order valence-corrected chi connectivity index (χ4v) is 2.66. The monoisotopic (exact) mass is 248 g/mol. The lowest BCUT2D eigenvalue weighted by atomic mass is 9.97. The van der Waals surface area contributed by atoms with Crippen LogP contribution in [0.15, 0.2) is 42.6 Å². The van der Waals surface area contributed by atoms with Gasteiger partial charge in [0.25, 0.3) is 0 Å². The van der Waals surface area contributed by atoms with Gasteiger partial charge in [0.05, 0.1) is 22.9 Å². The first-order valence-electron chi connectivity index (χ1n) is 6.45. The molecule has 0 fully saturated rings. The Kier molecular flexibility index (Phi) is 2.79. The van der Waals surface area contributed by atoms with Crippen molar-refractivity contribution in [3.63, 3.8) is 0 Å². The van der Waals surface area contributed by atoms with Gasteiger partial charge in [0.2, 0.25) is 0 Å². The van der Waals surface area contributed by atoms with Crippen LogP contribution >= 0.6 is 0 Å². The summed E-state index contributed by atoms with van der Waals surface area (Å²) in [6.45, 7) is 6.38. The summed E-state index contributed by atoms with van der Waals surface area (Å²) in [4.78, 5) is 9.23. The molecule has 0 N–H and O–H groups in total. The van der Waals surface area contributed by atoms with Crippen molar-refractivity contribution in [3.05, 3.63) is 59.3 Å². The van der Waals surface area contributed by atoms with Crippen LogP contribution in [0.2, 0.25) is 0 Å². The summed E-state index contributed by atoms with van der Waals surface area (Å²) in [6, 6.07) is 12.4. The zero-order valence-electron chi connectivity index (χ0n) is 11.4. The van der Waals surface area contributed by atoms with E-state index in [0.717, 1.165) is 16.7 Å². The van der Waals surface area contributed by atoms with E-state index in [9.17, 15) is 0 Å². The molecule has 0 saturated carbocycles. The Morgan fingerprint density at radius 1 is 0.842 bits per heavy atom. The molecular formula is C17H16N2. The second-order valence-corrected chi connectivity index (χ2v) is 5.02. The Morgan fingerprint density at radius 3 is 2.16 bits per heavy atom. The van der Waals surface area contributed by atoms with Crippen LogP contribution in [-0.4, -0.2) is 9.97 Å². The van der Waals surface area contributed by atoms with E-state index in [0.29, 0.717) is 0 Å². The molecule has 0 saturated heterocycles. The highest BCUT2D eigenvalue weighted by atomic mass is 14.8. The average molecular weight is 248 g/mol. The van der Waals surface area contributed by atoms with Crippen LogP contribution in [0.5, 0.6) is 0 Å². The number of hydrogen-bond donors (Lipinski definition) is 0. The SMILES string of the molecule is Cc1cc(C)c(-c2cnc3ccccc3n2)c(C)c1. The van der Waals surface area contributed by atoms with E-state index < -0.39 is 0 Å². The Balaban J connectivity index is 2.25. The Morgan fingerprint density at radius 2 is 1.47 bits per heavy atom. The molecule has 0 radical (unpaired) electrons. The fraction of sp³-hybridized carbons (Fsp3) is 0.176. The standard InChI is InChI=1S/C17H16N2/c1-11-8-12(2)17(13(3)9-11)16-10-18-14-6-4-5-7-15(14)19-16/h4-10H,1-3H3. The number of benzene rings is 2. The maximum absolute atomic E-state index is 4.73. The van der Waals surface area contributed by atoms with Gasteiger partial charge in [-0.3, -0.25) is 4.98 Å². The highest BCUT2D eigenvalue weighted by Crippen LogP contribution is 2.27. The number of hydrogen-bond acceptors (Lipinski definition) is 2. The van der Waals surface area contributed by atoms with Gasteiger partial charge >= 0.3 is 0 Å². The molecule has 3 aromatic rings. The Bertz CT molecular complexity index is 737. The Labute approximate surface area is 113 Å². The predicted molar refractivity (Wildman–Crippen MR) is 79.2 cm³/mol. The highest BCUT2D eigenvalue weighted by Gasteiger charge is 2.09. The van der Waals surface area contributed by atoms with E-state index in [2.05, 4.69) is 37.9 Å². The minimum atomic E-state index is 0.939. The topological polar surface area (TPSA) is 25.8 Å². The van der Waals surface area contributed by atoms with Crippen molar-refractivity contribution in [1.29, 1.82) is 0 Å². The minimum absolute atomic E-state index is 0.939. The van der Waals surface area contributed by atoms with Crippen molar-refractivity contribution in [2.75, 3.05) is 0 Å². The summed E-state index contributed by atoms with van der Waals surface area (Å²) >= 11 is 0. The molecule has 0 atom stereocenters. The first-order valence-corrected chi connectivity index (χ1v) is 6.45. The van der Waals surface area contributed by atoms with E-state index in [4.69, 9.17) is 4.98 Å². The van der Waals surface area contributed by atoms with E-state index in [-0.39, 0.29) is 0 Å². The maximum atomic E-state index is 4.73. The second-order valence-electron chi connectivity index (χ2n) is 5.02. The van der Waals surface area contributed by atoms with Gasteiger partial charge in [-0.05, 0) is 44.0 Å². The Hall–Kier alpha value is -2.22. The first kappa shape index (κ1) is 11.8. The molecule has 0 aliphatic carbocycles. The molecule has 2 aromatic carbocycles. The molecule has 0 spiro atoms. The van der Waals surface area contributed by atoms with Gasteiger partial charge in [0, 0.05) is 5.56 Å². The molecule has 0 aliphatic heterocycles. The number of aromatic nitrogens is 2. The maximum Gasteiger partial charge on any atom is 0.0898 e. The van der Waals surface area contributed by atoms with Gasteiger partial charge in [0.1, 0.15) is 0 Å². The van der Waals surface area contributed by atoms with Crippen molar-refractivity contribution in [1.82, 2.24) is 9.97 Å². The lowest BCUT2D eigenvalue weighted by Crippen LogP contribution is -1.94. The van der Waals surface area contributed by atoms with Crippen LogP contribution in [0.25, 0.3) is 22.3 Å². The molecule has 19 heavy (non-hydrogen) atoms. The van der Waals surface area contributed by atoms with Crippen molar-refractivity contribution >= 4 is 11.0 Å². The van der Waals surface area contributed by atoms with E-state index in [1.807, 2.05) is 30.5 Å². The van der Waals surface area contributed by atoms with Gasteiger partial charge in [-0.15, -0.1) is 0 Å². The van der Waals surface area contributed by atoms with Crippen molar-refractivity contribution in [2.24, 2.45) is 0 Å². The second kappa shape index (κ2) is 4.47. The summed E-state index contributed by atoms with van der Waals surface area (Å²) in [6.07, 6.45) is 1.87. The van der Waals surface area contributed by atoms with Gasteiger partial charge in [-0.1, -0.05) is 29.8 Å². The molecule has 1 heterocycles. The normalized spacial score (nSPS) is 10.9. The number of fused-ring (bicyclic) bond motifs is 1. The summed E-state index contributed by atoms with van der Waals surface area (Å²) < 4.78 is 0. The average Bonchev–Trinajstić information content (AvgIpc) is 2.37. The van der Waals surface area contributed by atoms with Crippen LogP contribution in [0.4, 0.5) is 0 Å². The molecule has 1 aromatic heterocycles. The number of nitrogens with zero attached hydrogens (tertiary/aromatic N) is 2. The van der Waals surface area contributed by atoms with Gasteiger partial charge < -0.3 is 0 Å². The number of aryl methyl sites for hydroxylation is 3. The number of para-hydroxylation sites is 2. The first-order chi connectivity index (χ1) is 9.15. The molecule has 0 amide bonds. The predicted octanol–water partition coefficient (Wildman–Crippen LogP) is 4.22. The number of rotatable bonds is 1. The summed E-state index contributed by atoms with van der Waals surface area (Å²) in [5.41, 5.74) is 7.82. The van der Waals surface area contributed by atoms with Crippen molar-refractivity contribution in [2.45, 2.75) is 20.8 Å². The van der Waals surface area contributed by atoms with Crippen molar-refractivity contribution in [3.8, 4) is 11.3 Å². The largest absolute Gasteiger partial charge is 0.252 e. The fourth-order valence-electron chi connectivity index (χ4n) is 2.66. The van der Waals surface area contributed by atoms with Crippen LogP contribution in [0.1, 0.15) is 16.7 Å². The van der Waals surface area contributed by atoms with Crippen LogP contribution < -0.4 is 0 Å². The molecule has 94 valence electrons. The highest BCUT2D eigenvalue weighted by molar-refractivity contribution is 5.78. The summed E-state index contributed by atoms with van der Waals surface area (Å²) in [7, 11) is 0. The zero-order valence-corrected chi connectivity index (χ0v) is 11.4. The van der Waals surface area contributed by atoms with E-state index >= 15 is 0 Å². The van der Waals surface area contributed by atoms with Crippen LogP contribution in [-0.2, 0) is 0 Å². The van der Waals surface area contributed by atoms with Gasteiger partial charge in [-0.2, -0.15) is 0 Å². The lowest BCUT2D eigenvalue weighted by molar-refractivity contribution is 1.25. The third-order valence-electron chi connectivity index (χ3n) is 3.38. The van der Waals surface area contributed by atoms with E-state index in [1.54, 1.807) is 0 Å². The summed E-state index contributed by atoms with van der Waals surface area (Å²) in [5, 5.41) is 0. The molecule has 0 aliphatic rings. The minimum Gasteiger partial charge on any atom is -0.252 e. The molecule has 3 rings (SSSR count).